The summed E-state index contributed by atoms with van der Waals surface area (Å²) in [5.41, 5.74) is 10.1. The number of nitrogens with one attached hydrogen (secondary N) is 2. The van der Waals surface area contributed by atoms with Gasteiger partial charge in [-0.1, -0.05) is 13.0 Å². The third kappa shape index (κ3) is 4.42. The lowest BCUT2D eigenvalue weighted by Gasteiger charge is -2.17. The maximum atomic E-state index is 14.7. The zero-order chi connectivity index (χ0) is 24.6. The molecule has 1 aliphatic carbocycles. The molecule has 4 aromatic rings. The van der Waals surface area contributed by atoms with E-state index in [4.69, 9.17) is 5.73 Å². The summed E-state index contributed by atoms with van der Waals surface area (Å²) < 4.78 is 14.7. The van der Waals surface area contributed by atoms with Crippen molar-refractivity contribution in [1.29, 1.82) is 0 Å². The van der Waals surface area contributed by atoms with Gasteiger partial charge in [0.05, 0.1) is 28.0 Å². The number of aromatic nitrogens is 4. The predicted octanol–water partition coefficient (Wildman–Crippen LogP) is 3.75. The lowest BCUT2D eigenvalue weighted by Crippen LogP contribution is -2.20. The van der Waals surface area contributed by atoms with Gasteiger partial charge in [0, 0.05) is 48.9 Å². The number of nitrogens with two attached hydrogens (primary N) is 1. The molecule has 35 heavy (non-hydrogen) atoms. The van der Waals surface area contributed by atoms with Crippen LogP contribution in [0.1, 0.15) is 47.3 Å². The number of halogens is 1. The standard InChI is InChI=1S/C26H26FN7O/c1-15(17-4-5-19(27)23-18(25(35)29-2)7-10-30-24(17)23)12-32-22-11-20(33-14-34-22)16-3-6-21(31-13-16)26(28)8-9-26/h3-7,10-11,13-15H,8-9,12,28H2,1-2H3,(H,29,35)(H,32,33,34)/t15-/m1/s1. The molecule has 1 saturated carbocycles. The molecule has 0 unspecified atom stereocenters. The Hall–Kier alpha value is -3.98. The van der Waals surface area contributed by atoms with Crippen molar-refractivity contribution in [3.8, 4) is 11.3 Å². The fourth-order valence-corrected chi connectivity index (χ4v) is 4.18. The van der Waals surface area contributed by atoms with Crippen LogP contribution in [0, 0.1) is 5.82 Å². The average molecular weight is 472 g/mol. The highest BCUT2D eigenvalue weighted by Gasteiger charge is 2.41. The van der Waals surface area contributed by atoms with Gasteiger partial charge in [0.2, 0.25) is 0 Å². The van der Waals surface area contributed by atoms with E-state index >= 15 is 0 Å². The second-order valence-electron chi connectivity index (χ2n) is 8.96. The van der Waals surface area contributed by atoms with Gasteiger partial charge in [-0.25, -0.2) is 14.4 Å². The minimum Gasteiger partial charge on any atom is -0.369 e. The van der Waals surface area contributed by atoms with E-state index in [-0.39, 0.29) is 28.3 Å². The van der Waals surface area contributed by atoms with E-state index < -0.39 is 5.82 Å². The van der Waals surface area contributed by atoms with Gasteiger partial charge >= 0.3 is 0 Å². The van der Waals surface area contributed by atoms with Crippen LogP contribution in [0.5, 0.6) is 0 Å². The molecule has 4 N–H and O–H groups in total. The van der Waals surface area contributed by atoms with Gasteiger partial charge in [0.25, 0.3) is 5.91 Å². The van der Waals surface area contributed by atoms with Gasteiger partial charge in [-0.3, -0.25) is 14.8 Å². The number of benzene rings is 1. The van der Waals surface area contributed by atoms with Crippen molar-refractivity contribution in [1.82, 2.24) is 25.3 Å². The molecular formula is C26H26FN7O. The minimum atomic E-state index is -0.474. The van der Waals surface area contributed by atoms with E-state index in [2.05, 4.69) is 30.6 Å². The molecule has 0 aliphatic heterocycles. The molecule has 9 heteroatoms. The van der Waals surface area contributed by atoms with E-state index in [1.165, 1.54) is 31.7 Å². The Bertz CT molecular complexity index is 1400. The van der Waals surface area contributed by atoms with Crippen LogP contribution in [0.15, 0.2) is 55.1 Å². The maximum absolute atomic E-state index is 14.7. The molecule has 0 radical (unpaired) electrons. The number of pyridine rings is 2. The Balaban J connectivity index is 1.35. The fraction of sp³-hybridized carbons (Fsp3) is 0.269. The van der Waals surface area contributed by atoms with Crippen LogP contribution in [-0.4, -0.2) is 39.4 Å². The van der Waals surface area contributed by atoms with E-state index in [0.29, 0.717) is 17.9 Å². The van der Waals surface area contributed by atoms with Crippen molar-refractivity contribution >= 4 is 22.6 Å². The monoisotopic (exact) mass is 471 g/mol. The second kappa shape index (κ2) is 8.99. The average Bonchev–Trinajstić information content (AvgIpc) is 3.65. The van der Waals surface area contributed by atoms with Gasteiger partial charge in [-0.15, -0.1) is 0 Å². The molecule has 0 bridgehead atoms. The van der Waals surface area contributed by atoms with Crippen LogP contribution < -0.4 is 16.4 Å². The first-order chi connectivity index (χ1) is 16.9. The zero-order valence-corrected chi connectivity index (χ0v) is 19.5. The third-order valence-electron chi connectivity index (χ3n) is 6.49. The first-order valence-electron chi connectivity index (χ1n) is 11.5. The molecule has 0 saturated heterocycles. The van der Waals surface area contributed by atoms with Gasteiger partial charge in [-0.05, 0) is 42.7 Å². The summed E-state index contributed by atoms with van der Waals surface area (Å²) in [5, 5.41) is 6.12. The smallest absolute Gasteiger partial charge is 0.251 e. The van der Waals surface area contributed by atoms with Crippen molar-refractivity contribution in [3.05, 3.63) is 77.8 Å². The number of carbonyl (C=O) groups is 1. The second-order valence-corrected chi connectivity index (χ2v) is 8.96. The number of nitrogens with zero attached hydrogens (tertiary/aromatic N) is 4. The Morgan fingerprint density at radius 1 is 1.14 bits per heavy atom. The summed E-state index contributed by atoms with van der Waals surface area (Å²) in [7, 11) is 1.52. The molecule has 1 amide bonds. The van der Waals surface area contributed by atoms with Crippen molar-refractivity contribution in [2.24, 2.45) is 5.73 Å². The van der Waals surface area contributed by atoms with Crippen LogP contribution in [0.25, 0.3) is 22.2 Å². The third-order valence-corrected chi connectivity index (χ3v) is 6.49. The first kappa shape index (κ1) is 22.8. The molecule has 5 rings (SSSR count). The van der Waals surface area contributed by atoms with E-state index in [0.717, 1.165) is 35.4 Å². The molecule has 0 spiro atoms. The van der Waals surface area contributed by atoms with Gasteiger partial charge in [0.15, 0.2) is 0 Å². The van der Waals surface area contributed by atoms with Crippen molar-refractivity contribution in [3.63, 3.8) is 0 Å². The number of hydrogen-bond donors (Lipinski definition) is 3. The van der Waals surface area contributed by atoms with E-state index in [1.807, 2.05) is 25.1 Å². The Morgan fingerprint density at radius 3 is 2.69 bits per heavy atom. The number of hydrogen-bond acceptors (Lipinski definition) is 7. The minimum absolute atomic E-state index is 0.0378. The highest BCUT2D eigenvalue weighted by Crippen LogP contribution is 2.41. The molecule has 1 aromatic carbocycles. The summed E-state index contributed by atoms with van der Waals surface area (Å²) in [5.74, 6) is -0.204. The number of anilines is 1. The summed E-state index contributed by atoms with van der Waals surface area (Å²) >= 11 is 0. The Labute approximate surface area is 202 Å². The number of fused-ring (bicyclic) bond motifs is 1. The van der Waals surface area contributed by atoms with Crippen LogP contribution in [0.4, 0.5) is 10.2 Å². The number of amides is 1. The highest BCUT2D eigenvalue weighted by molar-refractivity contribution is 6.06. The lowest BCUT2D eigenvalue weighted by atomic mass is 9.95. The van der Waals surface area contributed by atoms with Crippen LogP contribution >= 0.6 is 0 Å². The quantitative estimate of drug-likeness (QED) is 0.376. The summed E-state index contributed by atoms with van der Waals surface area (Å²) in [4.78, 5) is 29.9. The maximum Gasteiger partial charge on any atom is 0.251 e. The SMILES string of the molecule is CNC(=O)c1ccnc2c([C@H](C)CNc3cc(-c4ccc(C5(N)CC5)nc4)ncn3)ccc(F)c12. The highest BCUT2D eigenvalue weighted by atomic mass is 19.1. The molecular weight excluding hydrogens is 445 g/mol. The molecule has 3 aromatic heterocycles. The van der Waals surface area contributed by atoms with E-state index in [9.17, 15) is 9.18 Å². The number of carbonyl (C=O) groups excluding carboxylic acids is 1. The van der Waals surface area contributed by atoms with Gasteiger partial charge in [0.1, 0.15) is 18.0 Å². The Kier molecular flexibility index (Phi) is 5.86. The molecule has 1 atom stereocenters. The van der Waals surface area contributed by atoms with Crippen molar-refractivity contribution in [2.75, 3.05) is 18.9 Å². The topological polar surface area (TPSA) is 119 Å². The van der Waals surface area contributed by atoms with E-state index in [1.54, 1.807) is 12.3 Å². The zero-order valence-electron chi connectivity index (χ0n) is 19.5. The van der Waals surface area contributed by atoms with Crippen LogP contribution in [0.2, 0.25) is 0 Å². The van der Waals surface area contributed by atoms with Crippen molar-refractivity contribution < 1.29 is 9.18 Å². The fourth-order valence-electron chi connectivity index (χ4n) is 4.18. The summed E-state index contributed by atoms with van der Waals surface area (Å²) in [6.07, 6.45) is 6.75. The molecule has 1 fully saturated rings. The van der Waals surface area contributed by atoms with Gasteiger partial charge < -0.3 is 16.4 Å². The first-order valence-corrected chi connectivity index (χ1v) is 11.5. The largest absolute Gasteiger partial charge is 0.369 e. The summed E-state index contributed by atoms with van der Waals surface area (Å²) in [6, 6.07) is 10.4. The molecule has 8 nitrogen and oxygen atoms in total. The number of rotatable bonds is 7. The molecule has 178 valence electrons. The van der Waals surface area contributed by atoms with Gasteiger partial charge in [-0.2, -0.15) is 0 Å². The molecule has 1 aliphatic rings. The summed E-state index contributed by atoms with van der Waals surface area (Å²) in [6.45, 7) is 2.54. The normalized spacial score (nSPS) is 15.0. The van der Waals surface area contributed by atoms with Crippen LogP contribution in [-0.2, 0) is 5.54 Å². The predicted molar refractivity (Wildman–Crippen MR) is 132 cm³/mol. The lowest BCUT2D eigenvalue weighted by molar-refractivity contribution is 0.0964. The van der Waals surface area contributed by atoms with Crippen molar-refractivity contribution in [2.45, 2.75) is 31.2 Å². The Morgan fingerprint density at radius 2 is 1.97 bits per heavy atom. The van der Waals surface area contributed by atoms with Crippen LogP contribution in [0.3, 0.4) is 0 Å². The molecule has 3 heterocycles.